The summed E-state index contributed by atoms with van der Waals surface area (Å²) in [5.74, 6) is 0. The van der Waals surface area contributed by atoms with E-state index in [9.17, 15) is 25.3 Å². The van der Waals surface area contributed by atoms with E-state index in [4.69, 9.17) is 4.74 Å². The Kier molecular flexibility index (Phi) is 3.51. The molecule has 0 aromatic carbocycles. The highest BCUT2D eigenvalue weighted by Crippen LogP contribution is 2.25. The molecular formula is C7H13NO6. The van der Waals surface area contributed by atoms with Gasteiger partial charge in [-0.3, -0.25) is 0 Å². The minimum Gasteiger partial charge on any atom is -0.388 e. The second-order valence-corrected chi connectivity index (χ2v) is 3.26. The van der Waals surface area contributed by atoms with Gasteiger partial charge in [-0.2, -0.15) is 4.91 Å². The largest absolute Gasteiger partial charge is 0.388 e. The summed E-state index contributed by atoms with van der Waals surface area (Å²) in [6.07, 6.45) is -7.13. The number of nitrogens with zero attached hydrogens (tertiary/aromatic N) is 1. The maximum atomic E-state index is 10.3. The molecule has 82 valence electrons. The van der Waals surface area contributed by atoms with Crippen LogP contribution in [0.25, 0.3) is 0 Å². The normalized spacial score (nSPS) is 48.9. The van der Waals surface area contributed by atoms with Gasteiger partial charge in [-0.15, -0.1) is 0 Å². The van der Waals surface area contributed by atoms with Crippen LogP contribution in [0.5, 0.6) is 0 Å². The molecule has 0 aliphatic heterocycles. The van der Waals surface area contributed by atoms with Crippen LogP contribution in [0.2, 0.25) is 0 Å². The number of rotatable bonds is 2. The number of aliphatic hydroxyl groups excluding tert-OH is 4. The lowest BCUT2D eigenvalue weighted by molar-refractivity contribution is -0.193. The number of ether oxygens (including phenoxy) is 1. The lowest BCUT2D eigenvalue weighted by Gasteiger charge is -2.40. The van der Waals surface area contributed by atoms with E-state index in [1.54, 1.807) is 0 Å². The maximum Gasteiger partial charge on any atom is 0.149 e. The monoisotopic (exact) mass is 207 g/mol. The van der Waals surface area contributed by atoms with Gasteiger partial charge in [-0.05, 0) is 0 Å². The van der Waals surface area contributed by atoms with Crippen molar-refractivity contribution >= 4 is 0 Å². The predicted molar refractivity (Wildman–Crippen MR) is 44.4 cm³/mol. The molecular weight excluding hydrogens is 194 g/mol. The topological polar surface area (TPSA) is 120 Å². The summed E-state index contributed by atoms with van der Waals surface area (Å²) >= 11 is 0. The van der Waals surface area contributed by atoms with E-state index in [1.165, 1.54) is 7.11 Å². The molecule has 0 spiro atoms. The Morgan fingerprint density at radius 2 is 1.57 bits per heavy atom. The van der Waals surface area contributed by atoms with Crippen molar-refractivity contribution in [3.05, 3.63) is 4.91 Å². The van der Waals surface area contributed by atoms with Crippen LogP contribution in [0.3, 0.4) is 0 Å². The number of aliphatic hydroxyl groups is 4. The van der Waals surface area contributed by atoms with E-state index in [0.29, 0.717) is 0 Å². The first-order chi connectivity index (χ1) is 6.54. The van der Waals surface area contributed by atoms with Gasteiger partial charge in [-0.1, -0.05) is 5.18 Å². The van der Waals surface area contributed by atoms with Crippen molar-refractivity contribution in [3.63, 3.8) is 0 Å². The molecule has 1 rings (SSSR count). The lowest BCUT2D eigenvalue weighted by Crippen LogP contribution is -2.63. The minimum atomic E-state index is -1.58. The average molecular weight is 207 g/mol. The number of methoxy groups -OCH3 is 1. The van der Waals surface area contributed by atoms with Crippen molar-refractivity contribution in [1.82, 2.24) is 0 Å². The number of nitroso groups, excluding NO2 is 1. The predicted octanol–water partition coefficient (Wildman–Crippen LogP) is -2.41. The van der Waals surface area contributed by atoms with Crippen LogP contribution >= 0.6 is 0 Å². The van der Waals surface area contributed by atoms with Gasteiger partial charge in [0.2, 0.25) is 0 Å². The molecule has 1 aliphatic carbocycles. The first-order valence-corrected chi connectivity index (χ1v) is 4.12. The first-order valence-electron chi connectivity index (χ1n) is 4.12. The van der Waals surface area contributed by atoms with E-state index < -0.39 is 36.6 Å². The van der Waals surface area contributed by atoms with E-state index in [1.807, 2.05) is 0 Å². The Morgan fingerprint density at radius 1 is 1.00 bits per heavy atom. The zero-order chi connectivity index (χ0) is 10.9. The molecule has 0 bridgehead atoms. The number of hydrogen-bond donors (Lipinski definition) is 4. The summed E-state index contributed by atoms with van der Waals surface area (Å²) in [5.41, 5.74) is 0. The van der Waals surface area contributed by atoms with Gasteiger partial charge in [0.15, 0.2) is 0 Å². The van der Waals surface area contributed by atoms with Gasteiger partial charge in [0, 0.05) is 7.11 Å². The third-order valence-corrected chi connectivity index (χ3v) is 2.47. The molecule has 0 amide bonds. The Morgan fingerprint density at radius 3 is 2.00 bits per heavy atom. The highest BCUT2D eigenvalue weighted by atomic mass is 16.5. The summed E-state index contributed by atoms with van der Waals surface area (Å²) in [6.45, 7) is 0. The molecule has 0 radical (unpaired) electrons. The molecule has 0 aromatic rings. The van der Waals surface area contributed by atoms with Gasteiger partial charge in [0.1, 0.15) is 36.6 Å². The zero-order valence-electron chi connectivity index (χ0n) is 7.52. The molecule has 6 unspecified atom stereocenters. The number of hydrogen-bond acceptors (Lipinski definition) is 7. The van der Waals surface area contributed by atoms with Crippen molar-refractivity contribution < 1.29 is 25.2 Å². The van der Waals surface area contributed by atoms with E-state index in [-0.39, 0.29) is 0 Å². The first kappa shape index (κ1) is 11.5. The molecule has 7 nitrogen and oxygen atoms in total. The van der Waals surface area contributed by atoms with E-state index in [0.717, 1.165) is 0 Å². The maximum absolute atomic E-state index is 10.3. The van der Waals surface area contributed by atoms with Crippen LogP contribution in [0.4, 0.5) is 0 Å². The Labute approximate surface area is 79.9 Å². The van der Waals surface area contributed by atoms with Gasteiger partial charge >= 0.3 is 0 Å². The third-order valence-electron chi connectivity index (χ3n) is 2.47. The Balaban J connectivity index is 2.88. The van der Waals surface area contributed by atoms with E-state index >= 15 is 0 Å². The summed E-state index contributed by atoms with van der Waals surface area (Å²) in [6, 6.07) is -1.39. The van der Waals surface area contributed by atoms with Crippen molar-refractivity contribution in [2.24, 2.45) is 5.18 Å². The van der Waals surface area contributed by atoms with Crippen LogP contribution in [-0.4, -0.2) is 64.1 Å². The highest BCUT2D eigenvalue weighted by Gasteiger charge is 2.50. The third kappa shape index (κ3) is 1.64. The fourth-order valence-electron chi connectivity index (χ4n) is 1.60. The summed E-state index contributed by atoms with van der Waals surface area (Å²) in [5, 5.41) is 39.8. The molecule has 1 fully saturated rings. The highest BCUT2D eigenvalue weighted by molar-refractivity contribution is 5.02. The summed E-state index contributed by atoms with van der Waals surface area (Å²) in [7, 11) is 1.21. The average Bonchev–Trinajstić information content (AvgIpc) is 2.16. The van der Waals surface area contributed by atoms with Gasteiger partial charge in [0.05, 0.1) is 0 Å². The van der Waals surface area contributed by atoms with E-state index in [2.05, 4.69) is 5.18 Å². The summed E-state index contributed by atoms with van der Waals surface area (Å²) in [4.78, 5) is 10.3. The van der Waals surface area contributed by atoms with Crippen LogP contribution in [0, 0.1) is 4.91 Å². The van der Waals surface area contributed by atoms with Crippen molar-refractivity contribution in [2.75, 3.05) is 7.11 Å². The standard InChI is InChI=1S/C7H13NO6/c1-14-7-4(10)2(8-13)3(9)5(11)6(7)12/h2-7,9-12H,1H3. The molecule has 0 aromatic heterocycles. The molecule has 14 heavy (non-hydrogen) atoms. The van der Waals surface area contributed by atoms with Crippen molar-refractivity contribution in [3.8, 4) is 0 Å². The smallest absolute Gasteiger partial charge is 0.149 e. The molecule has 0 saturated heterocycles. The zero-order valence-corrected chi connectivity index (χ0v) is 7.52. The quantitative estimate of drug-likeness (QED) is 0.374. The van der Waals surface area contributed by atoms with Crippen LogP contribution in [0.15, 0.2) is 5.18 Å². The molecule has 4 N–H and O–H groups in total. The molecule has 7 heteroatoms. The summed E-state index contributed by atoms with van der Waals surface area (Å²) < 4.78 is 4.70. The fourth-order valence-corrected chi connectivity index (χ4v) is 1.60. The molecule has 0 heterocycles. The Bertz CT molecular complexity index is 212. The van der Waals surface area contributed by atoms with Gasteiger partial charge < -0.3 is 25.2 Å². The van der Waals surface area contributed by atoms with Crippen LogP contribution in [0.1, 0.15) is 0 Å². The SMILES string of the molecule is COC1C(O)C(O)C(O)C(N=O)C1O. The Hall–Kier alpha value is -0.600. The second-order valence-electron chi connectivity index (χ2n) is 3.26. The lowest BCUT2D eigenvalue weighted by atomic mass is 9.83. The molecule has 1 aliphatic rings. The molecule has 1 saturated carbocycles. The minimum absolute atomic E-state index is 1.13. The van der Waals surface area contributed by atoms with Crippen LogP contribution in [-0.2, 0) is 4.74 Å². The van der Waals surface area contributed by atoms with Crippen molar-refractivity contribution in [1.29, 1.82) is 0 Å². The molecule has 6 atom stereocenters. The fraction of sp³-hybridized carbons (Fsp3) is 1.00. The van der Waals surface area contributed by atoms with Gasteiger partial charge in [-0.25, -0.2) is 0 Å². The van der Waals surface area contributed by atoms with Crippen LogP contribution < -0.4 is 0 Å². The van der Waals surface area contributed by atoms with Crippen molar-refractivity contribution in [2.45, 2.75) is 36.6 Å². The second kappa shape index (κ2) is 4.28. The van der Waals surface area contributed by atoms with Gasteiger partial charge in [0.25, 0.3) is 0 Å².